The molecule has 0 saturated heterocycles. The minimum Gasteiger partial charge on any atom is -0.434 e. The van der Waals surface area contributed by atoms with E-state index in [2.05, 4.69) is 59.5 Å². The fourth-order valence-electron chi connectivity index (χ4n) is 3.71. The van der Waals surface area contributed by atoms with E-state index in [0.717, 1.165) is 38.9 Å². The van der Waals surface area contributed by atoms with Crippen LogP contribution in [0, 0.1) is 0 Å². The molecule has 5 nitrogen and oxygen atoms in total. The molecular formula is C28H59NO4Si. The van der Waals surface area contributed by atoms with Crippen LogP contribution in [0.1, 0.15) is 119 Å². The van der Waals surface area contributed by atoms with Gasteiger partial charge in [-0.05, 0) is 50.5 Å². The molecule has 0 aliphatic rings. The molecule has 0 aromatic heterocycles. The van der Waals surface area contributed by atoms with Crippen molar-refractivity contribution in [1.82, 2.24) is 4.90 Å². The lowest BCUT2D eigenvalue weighted by Crippen LogP contribution is -2.43. The Labute approximate surface area is 213 Å². The summed E-state index contributed by atoms with van der Waals surface area (Å²) in [6, 6.07) is 0. The van der Waals surface area contributed by atoms with Crippen LogP contribution in [0.4, 0.5) is 4.79 Å². The van der Waals surface area contributed by atoms with Gasteiger partial charge in [0.1, 0.15) is 6.10 Å². The first-order chi connectivity index (χ1) is 16.1. The second kappa shape index (κ2) is 19.6. The van der Waals surface area contributed by atoms with E-state index in [1.54, 1.807) is 0 Å². The molecule has 1 atom stereocenters. The van der Waals surface area contributed by atoms with Crippen LogP contribution < -0.4 is 0 Å². The predicted octanol–water partition coefficient (Wildman–Crippen LogP) is 8.57. The lowest BCUT2D eigenvalue weighted by atomic mass is 10.0. The van der Waals surface area contributed by atoms with Gasteiger partial charge in [0.05, 0.1) is 13.2 Å². The van der Waals surface area contributed by atoms with Crippen LogP contribution in [0.2, 0.25) is 18.1 Å². The van der Waals surface area contributed by atoms with E-state index in [1.165, 1.54) is 57.8 Å². The zero-order valence-electron chi connectivity index (χ0n) is 24.2. The molecule has 1 unspecified atom stereocenters. The van der Waals surface area contributed by atoms with E-state index >= 15 is 0 Å². The van der Waals surface area contributed by atoms with Gasteiger partial charge >= 0.3 is 6.16 Å². The Balaban J connectivity index is 4.40. The van der Waals surface area contributed by atoms with E-state index in [9.17, 15) is 4.79 Å². The van der Waals surface area contributed by atoms with Crippen molar-refractivity contribution in [3.63, 3.8) is 0 Å². The van der Waals surface area contributed by atoms with Crippen molar-refractivity contribution in [2.75, 3.05) is 32.8 Å². The molecule has 204 valence electrons. The third-order valence-corrected chi connectivity index (χ3v) is 11.8. The minimum absolute atomic E-state index is 0.139. The zero-order chi connectivity index (χ0) is 25.9. The van der Waals surface area contributed by atoms with Crippen molar-refractivity contribution >= 4 is 14.5 Å². The Morgan fingerprint density at radius 1 is 0.824 bits per heavy atom. The number of unbranched alkanes of at least 4 members (excludes halogenated alkanes) is 9. The molecule has 0 bridgehead atoms. The molecule has 0 rings (SSSR count). The highest BCUT2D eigenvalue weighted by molar-refractivity contribution is 6.74. The summed E-state index contributed by atoms with van der Waals surface area (Å²) in [7, 11) is -1.89. The standard InChI is InChI=1S/C28H59NO4Si/c1-9-12-13-14-15-16-17-18-19-20-22-26(25-32-34(7,8)28(4,5)6)33-27(30)31-24-21-23-29(10-2)11-3/h26H,9-25H2,1-8H3. The number of carbonyl (C=O) groups excluding carboxylic acids is 1. The van der Waals surface area contributed by atoms with E-state index in [-0.39, 0.29) is 11.1 Å². The largest absolute Gasteiger partial charge is 0.508 e. The summed E-state index contributed by atoms with van der Waals surface area (Å²) in [5.41, 5.74) is 0. The topological polar surface area (TPSA) is 48.0 Å². The first kappa shape index (κ1) is 33.4. The van der Waals surface area contributed by atoms with E-state index in [4.69, 9.17) is 13.9 Å². The van der Waals surface area contributed by atoms with Crippen molar-refractivity contribution in [1.29, 1.82) is 0 Å². The number of hydrogen-bond acceptors (Lipinski definition) is 5. The molecule has 0 aliphatic heterocycles. The highest BCUT2D eigenvalue weighted by atomic mass is 28.4. The zero-order valence-corrected chi connectivity index (χ0v) is 25.2. The molecule has 34 heavy (non-hydrogen) atoms. The summed E-state index contributed by atoms with van der Waals surface area (Å²) in [6.45, 7) is 21.6. The Morgan fingerprint density at radius 2 is 1.35 bits per heavy atom. The first-order valence-corrected chi connectivity index (χ1v) is 17.2. The van der Waals surface area contributed by atoms with E-state index < -0.39 is 14.5 Å². The van der Waals surface area contributed by atoms with Crippen LogP contribution in [0.5, 0.6) is 0 Å². The Kier molecular flexibility index (Phi) is 19.2. The van der Waals surface area contributed by atoms with Crippen molar-refractivity contribution in [3.8, 4) is 0 Å². The molecule has 6 heteroatoms. The van der Waals surface area contributed by atoms with E-state index in [0.29, 0.717) is 13.2 Å². The highest BCUT2D eigenvalue weighted by Crippen LogP contribution is 2.36. The molecule has 0 N–H and O–H groups in total. The fraction of sp³-hybridized carbons (Fsp3) is 0.964. The monoisotopic (exact) mass is 501 g/mol. The average molecular weight is 502 g/mol. The van der Waals surface area contributed by atoms with Crippen molar-refractivity contribution in [3.05, 3.63) is 0 Å². The fourth-order valence-corrected chi connectivity index (χ4v) is 4.74. The summed E-state index contributed by atoms with van der Waals surface area (Å²) >= 11 is 0. The second-order valence-corrected chi connectivity index (χ2v) is 16.1. The van der Waals surface area contributed by atoms with Gasteiger partial charge in [0.15, 0.2) is 8.32 Å². The summed E-state index contributed by atoms with van der Waals surface area (Å²) in [6.07, 6.45) is 13.9. The van der Waals surface area contributed by atoms with Gasteiger partial charge < -0.3 is 18.8 Å². The summed E-state index contributed by atoms with van der Waals surface area (Å²) in [4.78, 5) is 14.7. The van der Waals surface area contributed by atoms with Gasteiger partial charge in [0.2, 0.25) is 0 Å². The third-order valence-electron chi connectivity index (χ3n) is 7.31. The number of carbonyl (C=O) groups is 1. The first-order valence-electron chi connectivity index (χ1n) is 14.3. The number of rotatable bonds is 21. The van der Waals surface area contributed by atoms with Gasteiger partial charge in [-0.25, -0.2) is 4.79 Å². The molecule has 0 amide bonds. The van der Waals surface area contributed by atoms with Crippen LogP contribution in [-0.2, 0) is 13.9 Å². The third kappa shape index (κ3) is 16.9. The van der Waals surface area contributed by atoms with Gasteiger partial charge in [-0.15, -0.1) is 0 Å². The summed E-state index contributed by atoms with van der Waals surface area (Å²) < 4.78 is 17.5. The van der Waals surface area contributed by atoms with Crippen molar-refractivity contribution in [2.24, 2.45) is 0 Å². The molecular weight excluding hydrogens is 442 g/mol. The smallest absolute Gasteiger partial charge is 0.434 e. The Morgan fingerprint density at radius 3 is 1.85 bits per heavy atom. The molecule has 0 aromatic carbocycles. The lowest BCUT2D eigenvalue weighted by Gasteiger charge is -2.37. The van der Waals surface area contributed by atoms with Crippen LogP contribution in [0.15, 0.2) is 0 Å². The normalized spacial score (nSPS) is 13.3. The van der Waals surface area contributed by atoms with Crippen LogP contribution in [0.25, 0.3) is 0 Å². The predicted molar refractivity (Wildman–Crippen MR) is 148 cm³/mol. The van der Waals surface area contributed by atoms with Gasteiger partial charge in [0, 0.05) is 6.54 Å². The Bertz CT molecular complexity index is 489. The maximum absolute atomic E-state index is 12.3. The lowest BCUT2D eigenvalue weighted by molar-refractivity contribution is 0.00000766. The maximum Gasteiger partial charge on any atom is 0.508 e. The molecule has 0 spiro atoms. The molecule has 0 aromatic rings. The second-order valence-electron chi connectivity index (χ2n) is 11.3. The number of ether oxygens (including phenoxy) is 2. The van der Waals surface area contributed by atoms with Crippen LogP contribution in [-0.4, -0.2) is 58.3 Å². The molecule has 0 radical (unpaired) electrons. The van der Waals surface area contributed by atoms with Gasteiger partial charge in [-0.2, -0.15) is 0 Å². The summed E-state index contributed by atoms with van der Waals surface area (Å²) in [5, 5.41) is 0.139. The summed E-state index contributed by atoms with van der Waals surface area (Å²) in [5.74, 6) is 0. The SMILES string of the molecule is CCCCCCCCCCCCC(CO[Si](C)(C)C(C)(C)C)OC(=O)OCCCN(CC)CC. The van der Waals surface area contributed by atoms with Gasteiger partial charge in [0.25, 0.3) is 0 Å². The van der Waals surface area contributed by atoms with Crippen molar-refractivity contribution < 1.29 is 18.7 Å². The number of hydrogen-bond donors (Lipinski definition) is 0. The van der Waals surface area contributed by atoms with Crippen LogP contribution >= 0.6 is 0 Å². The maximum atomic E-state index is 12.3. The van der Waals surface area contributed by atoms with Crippen LogP contribution in [0.3, 0.4) is 0 Å². The average Bonchev–Trinajstić information content (AvgIpc) is 2.77. The molecule has 0 saturated carbocycles. The number of nitrogens with zero attached hydrogens (tertiary/aromatic N) is 1. The minimum atomic E-state index is -1.89. The molecule has 0 aliphatic carbocycles. The van der Waals surface area contributed by atoms with E-state index in [1.807, 2.05) is 0 Å². The Hall–Kier alpha value is -0.593. The van der Waals surface area contributed by atoms with Gasteiger partial charge in [-0.3, -0.25) is 0 Å². The van der Waals surface area contributed by atoms with Gasteiger partial charge in [-0.1, -0.05) is 99.3 Å². The molecule has 0 fully saturated rings. The quantitative estimate of drug-likeness (QED) is 0.0895. The molecule has 0 heterocycles. The highest BCUT2D eigenvalue weighted by Gasteiger charge is 2.37. The van der Waals surface area contributed by atoms with Crippen molar-refractivity contribution in [2.45, 2.75) is 143 Å².